The number of aromatic nitrogens is 6. The van der Waals surface area contributed by atoms with Gasteiger partial charge < -0.3 is 9.64 Å². The first-order valence-electron chi connectivity index (χ1n) is 8.66. The van der Waals surface area contributed by atoms with Crippen molar-refractivity contribution in [1.82, 2.24) is 40.2 Å². The molecule has 3 aromatic rings. The molecule has 0 unspecified atom stereocenters. The standard InChI is InChI=1S/C17H20N8O2/c1-27-14-4-2-3-13(9-14)11-23-5-7-24(8-6-23)17(26)15-10-16(20-19-15)25-12-18-21-22-25/h2-4,9-10,12H,5-8,11H2,1H3,(H,19,20). The Morgan fingerprint density at radius 3 is 2.81 bits per heavy atom. The number of H-pyrrole nitrogens is 1. The Morgan fingerprint density at radius 1 is 1.22 bits per heavy atom. The molecule has 4 rings (SSSR count). The maximum Gasteiger partial charge on any atom is 0.272 e. The number of benzene rings is 1. The number of tetrazole rings is 1. The van der Waals surface area contributed by atoms with Crippen LogP contribution >= 0.6 is 0 Å². The molecular weight excluding hydrogens is 348 g/mol. The average molecular weight is 368 g/mol. The zero-order valence-corrected chi connectivity index (χ0v) is 14.9. The fourth-order valence-electron chi connectivity index (χ4n) is 3.11. The molecule has 0 aliphatic carbocycles. The van der Waals surface area contributed by atoms with Gasteiger partial charge in [0.1, 0.15) is 17.8 Å². The molecule has 2 aromatic heterocycles. The van der Waals surface area contributed by atoms with Crippen LogP contribution in [-0.2, 0) is 6.54 Å². The van der Waals surface area contributed by atoms with E-state index in [1.807, 2.05) is 23.1 Å². The van der Waals surface area contributed by atoms with Crippen LogP contribution < -0.4 is 4.74 Å². The second-order valence-corrected chi connectivity index (χ2v) is 6.31. The second kappa shape index (κ2) is 7.54. The van der Waals surface area contributed by atoms with Gasteiger partial charge in [-0.05, 0) is 28.1 Å². The Labute approximate surface area is 155 Å². The molecule has 0 atom stereocenters. The van der Waals surface area contributed by atoms with Gasteiger partial charge in [-0.15, -0.1) is 5.10 Å². The molecule has 140 valence electrons. The lowest BCUT2D eigenvalue weighted by Gasteiger charge is -2.34. The van der Waals surface area contributed by atoms with Crippen LogP contribution in [-0.4, -0.2) is 79.4 Å². The number of carbonyl (C=O) groups excluding carboxylic acids is 1. The van der Waals surface area contributed by atoms with Gasteiger partial charge in [0.05, 0.1) is 7.11 Å². The van der Waals surface area contributed by atoms with E-state index in [2.05, 4.69) is 36.7 Å². The van der Waals surface area contributed by atoms with Gasteiger partial charge in [-0.3, -0.25) is 14.8 Å². The maximum absolute atomic E-state index is 12.7. The highest BCUT2D eigenvalue weighted by molar-refractivity contribution is 5.92. The summed E-state index contributed by atoms with van der Waals surface area (Å²) in [5.41, 5.74) is 1.63. The quantitative estimate of drug-likeness (QED) is 0.693. The molecule has 3 heterocycles. The molecule has 0 radical (unpaired) electrons. The molecule has 0 saturated carbocycles. The molecule has 0 bridgehead atoms. The number of methoxy groups -OCH3 is 1. The molecule has 1 fully saturated rings. The number of nitrogens with zero attached hydrogens (tertiary/aromatic N) is 7. The molecule has 1 saturated heterocycles. The molecule has 10 heteroatoms. The number of hydrogen-bond donors (Lipinski definition) is 1. The number of carbonyl (C=O) groups is 1. The summed E-state index contributed by atoms with van der Waals surface area (Å²) in [6.07, 6.45) is 1.43. The van der Waals surface area contributed by atoms with Crippen molar-refractivity contribution in [3.63, 3.8) is 0 Å². The normalized spacial score (nSPS) is 15.1. The van der Waals surface area contributed by atoms with Gasteiger partial charge in [-0.2, -0.15) is 9.78 Å². The van der Waals surface area contributed by atoms with Gasteiger partial charge in [0.2, 0.25) is 0 Å². The van der Waals surface area contributed by atoms with Gasteiger partial charge >= 0.3 is 0 Å². The van der Waals surface area contributed by atoms with Crippen molar-refractivity contribution < 1.29 is 9.53 Å². The highest BCUT2D eigenvalue weighted by Gasteiger charge is 2.24. The van der Waals surface area contributed by atoms with E-state index in [4.69, 9.17) is 4.74 Å². The Bertz CT molecular complexity index is 899. The molecular formula is C17H20N8O2. The van der Waals surface area contributed by atoms with Gasteiger partial charge in [-0.25, -0.2) is 0 Å². The number of nitrogens with one attached hydrogen (secondary N) is 1. The smallest absolute Gasteiger partial charge is 0.272 e. The molecule has 1 N–H and O–H groups in total. The molecule has 1 aromatic carbocycles. The second-order valence-electron chi connectivity index (χ2n) is 6.31. The van der Waals surface area contributed by atoms with Gasteiger partial charge in [0, 0.05) is 38.8 Å². The van der Waals surface area contributed by atoms with E-state index >= 15 is 0 Å². The van der Waals surface area contributed by atoms with Gasteiger partial charge in [-0.1, -0.05) is 12.1 Å². The van der Waals surface area contributed by atoms with Crippen LogP contribution in [0.3, 0.4) is 0 Å². The van der Waals surface area contributed by atoms with E-state index in [1.54, 1.807) is 13.2 Å². The minimum absolute atomic E-state index is 0.0668. The average Bonchev–Trinajstić information content (AvgIpc) is 3.40. The summed E-state index contributed by atoms with van der Waals surface area (Å²) in [5, 5.41) is 17.8. The van der Waals surface area contributed by atoms with E-state index < -0.39 is 0 Å². The fourth-order valence-corrected chi connectivity index (χ4v) is 3.11. The van der Waals surface area contributed by atoms with E-state index in [-0.39, 0.29) is 5.91 Å². The monoisotopic (exact) mass is 368 g/mol. The number of aromatic amines is 1. The third-order valence-corrected chi connectivity index (χ3v) is 4.58. The highest BCUT2D eigenvalue weighted by Crippen LogP contribution is 2.16. The zero-order valence-electron chi connectivity index (χ0n) is 14.9. The third kappa shape index (κ3) is 3.80. The zero-order chi connectivity index (χ0) is 18.6. The highest BCUT2D eigenvalue weighted by atomic mass is 16.5. The molecule has 1 aliphatic heterocycles. The summed E-state index contributed by atoms with van der Waals surface area (Å²) < 4.78 is 6.68. The summed E-state index contributed by atoms with van der Waals surface area (Å²) in [7, 11) is 1.67. The Hall–Kier alpha value is -3.27. The maximum atomic E-state index is 12.7. The summed E-state index contributed by atoms with van der Waals surface area (Å²) in [4.78, 5) is 16.9. The van der Waals surface area contributed by atoms with Crippen molar-refractivity contribution in [2.45, 2.75) is 6.54 Å². The molecule has 10 nitrogen and oxygen atoms in total. The van der Waals surface area contributed by atoms with Crippen molar-refractivity contribution in [1.29, 1.82) is 0 Å². The van der Waals surface area contributed by atoms with Crippen molar-refractivity contribution in [2.75, 3.05) is 33.3 Å². The summed E-state index contributed by atoms with van der Waals surface area (Å²) in [6.45, 7) is 3.81. The lowest BCUT2D eigenvalue weighted by Crippen LogP contribution is -2.48. The summed E-state index contributed by atoms with van der Waals surface area (Å²) in [5.74, 6) is 1.28. The van der Waals surface area contributed by atoms with Crippen LogP contribution in [0.15, 0.2) is 36.7 Å². The van der Waals surface area contributed by atoms with E-state index in [1.165, 1.54) is 16.6 Å². The lowest BCUT2D eigenvalue weighted by molar-refractivity contribution is 0.0622. The summed E-state index contributed by atoms with van der Waals surface area (Å²) >= 11 is 0. The Balaban J connectivity index is 1.34. The van der Waals surface area contributed by atoms with Crippen LogP contribution in [0.5, 0.6) is 5.75 Å². The summed E-state index contributed by atoms with van der Waals surface area (Å²) in [6, 6.07) is 9.72. The van der Waals surface area contributed by atoms with Crippen molar-refractivity contribution in [3.8, 4) is 11.6 Å². The Kier molecular flexibility index (Phi) is 4.79. The van der Waals surface area contributed by atoms with Crippen LogP contribution in [0, 0.1) is 0 Å². The predicted octanol–water partition coefficient (Wildman–Crippen LogP) is 0.352. The minimum atomic E-state index is -0.0668. The lowest BCUT2D eigenvalue weighted by atomic mass is 10.2. The van der Waals surface area contributed by atoms with Gasteiger partial charge in [0.15, 0.2) is 5.82 Å². The first-order valence-corrected chi connectivity index (χ1v) is 8.66. The van der Waals surface area contributed by atoms with Crippen LogP contribution in [0.2, 0.25) is 0 Å². The molecule has 1 aliphatic rings. The number of rotatable bonds is 5. The topological polar surface area (TPSA) is 105 Å². The molecule has 1 amide bonds. The molecule has 27 heavy (non-hydrogen) atoms. The van der Waals surface area contributed by atoms with Crippen LogP contribution in [0.4, 0.5) is 0 Å². The fraction of sp³-hybridized carbons (Fsp3) is 0.353. The number of ether oxygens (including phenoxy) is 1. The number of hydrogen-bond acceptors (Lipinski definition) is 7. The van der Waals surface area contributed by atoms with Gasteiger partial charge in [0.25, 0.3) is 5.91 Å². The first kappa shape index (κ1) is 17.2. The van der Waals surface area contributed by atoms with Crippen LogP contribution in [0.25, 0.3) is 5.82 Å². The minimum Gasteiger partial charge on any atom is -0.497 e. The number of piperazine rings is 1. The van der Waals surface area contributed by atoms with Crippen molar-refractivity contribution in [2.24, 2.45) is 0 Å². The SMILES string of the molecule is COc1cccc(CN2CCN(C(=O)c3cc(-n4cnnn4)n[nH]3)CC2)c1. The Morgan fingerprint density at radius 2 is 2.07 bits per heavy atom. The van der Waals surface area contributed by atoms with Crippen molar-refractivity contribution in [3.05, 3.63) is 47.9 Å². The number of amides is 1. The van der Waals surface area contributed by atoms with Crippen LogP contribution in [0.1, 0.15) is 16.1 Å². The first-order chi connectivity index (χ1) is 13.2. The van der Waals surface area contributed by atoms with Crippen molar-refractivity contribution >= 4 is 5.91 Å². The van der Waals surface area contributed by atoms with E-state index in [0.29, 0.717) is 24.6 Å². The largest absolute Gasteiger partial charge is 0.497 e. The van der Waals surface area contributed by atoms with E-state index in [9.17, 15) is 4.79 Å². The third-order valence-electron chi connectivity index (χ3n) is 4.58. The van der Waals surface area contributed by atoms with E-state index in [0.717, 1.165) is 25.4 Å². The molecule has 0 spiro atoms. The predicted molar refractivity (Wildman–Crippen MR) is 95.5 cm³/mol.